The number of amides is 4. The summed E-state index contributed by atoms with van der Waals surface area (Å²) in [5.74, 6) is -7.80. The third-order valence-corrected chi connectivity index (χ3v) is 13.5. The van der Waals surface area contributed by atoms with Gasteiger partial charge in [0.05, 0.1) is 39.4 Å². The molecule has 2 saturated heterocycles. The summed E-state index contributed by atoms with van der Waals surface area (Å²) < 4.78 is 40.8. The number of nitrogens with one attached hydrogen (secondary N) is 2. The smallest absolute Gasteiger partial charge is 0.417 e. The molecule has 1 aromatic heterocycles. The number of carbonyl (C=O) groups excluding carboxylic acids is 4. The summed E-state index contributed by atoms with van der Waals surface area (Å²) in [6.45, 7) is 0. The van der Waals surface area contributed by atoms with Gasteiger partial charge >= 0.3 is 6.18 Å². The lowest BCUT2D eigenvalue weighted by Crippen LogP contribution is -2.53. The standard InChI is InChI=1S/C48H34Cl2F3N5O5/c49-28-13-11-26(12-14-28)47-37(44(61)58(46(47)63)56-42-38(50)22-27(24-54-42)48(51,52)53)23-36-33(40(47)35-19-10-25-6-4-5-9-32(25)41(35)59)20-21-34-39(36)45(62)57(43(34)60)31-17-15-30(16-18-31)55-29-7-2-1-3-8-29/h1-20,22,24,34,36-37,39-40,55,59H,21,23H2,(H,54,56). The average molecular weight is 889 g/mol. The second kappa shape index (κ2) is 15.0. The molecule has 3 heterocycles. The number of carbonyl (C=O) groups is 4. The van der Waals surface area contributed by atoms with Crippen molar-refractivity contribution in [2.75, 3.05) is 15.6 Å². The highest BCUT2D eigenvalue weighted by molar-refractivity contribution is 6.33. The molecule has 4 amide bonds. The van der Waals surface area contributed by atoms with Gasteiger partial charge in [0, 0.05) is 39.5 Å². The molecule has 0 spiro atoms. The van der Waals surface area contributed by atoms with Gasteiger partial charge in [0.15, 0.2) is 5.82 Å². The highest BCUT2D eigenvalue weighted by Crippen LogP contribution is 2.65. The van der Waals surface area contributed by atoms with Crippen molar-refractivity contribution < 1.29 is 37.5 Å². The van der Waals surface area contributed by atoms with Crippen LogP contribution in [-0.2, 0) is 30.8 Å². The number of hydrogen-bond acceptors (Lipinski definition) is 8. The number of hydrogen-bond donors (Lipinski definition) is 3. The summed E-state index contributed by atoms with van der Waals surface area (Å²) in [4.78, 5) is 64.9. The van der Waals surface area contributed by atoms with E-state index in [1.165, 1.54) is 4.90 Å². The first-order chi connectivity index (χ1) is 30.3. The van der Waals surface area contributed by atoms with Gasteiger partial charge in [-0.05, 0) is 84.3 Å². The van der Waals surface area contributed by atoms with Crippen molar-refractivity contribution in [3.8, 4) is 5.75 Å². The molecule has 2 aliphatic carbocycles. The molecule has 5 aromatic carbocycles. The second-order valence-corrected chi connectivity index (χ2v) is 17.0. The number of aromatic nitrogens is 1. The first-order valence-electron chi connectivity index (χ1n) is 20.1. The first kappa shape index (κ1) is 40.4. The van der Waals surface area contributed by atoms with Crippen LogP contribution in [0.25, 0.3) is 10.8 Å². The van der Waals surface area contributed by atoms with Crippen LogP contribution in [0.2, 0.25) is 10.0 Å². The Balaban J connectivity index is 1.11. The number of nitrogens with zero attached hydrogens (tertiary/aromatic N) is 3. The maximum absolute atomic E-state index is 15.6. The minimum Gasteiger partial charge on any atom is -0.507 e. The van der Waals surface area contributed by atoms with Crippen LogP contribution >= 0.6 is 23.2 Å². The van der Waals surface area contributed by atoms with Crippen molar-refractivity contribution in [3.63, 3.8) is 0 Å². The van der Waals surface area contributed by atoms with E-state index in [2.05, 4.69) is 15.7 Å². The van der Waals surface area contributed by atoms with Crippen molar-refractivity contribution in [2.45, 2.75) is 30.4 Å². The first-order valence-corrected chi connectivity index (χ1v) is 20.9. The van der Waals surface area contributed by atoms with Crippen LogP contribution in [0.4, 0.5) is 36.1 Å². The summed E-state index contributed by atoms with van der Waals surface area (Å²) >= 11 is 12.7. The van der Waals surface area contributed by atoms with E-state index in [1.807, 2.05) is 48.5 Å². The monoisotopic (exact) mass is 887 g/mol. The molecular formula is C48H34Cl2F3N5O5. The number of pyridine rings is 1. The maximum Gasteiger partial charge on any atom is 0.417 e. The number of allylic oxidation sites excluding steroid dienone is 2. The number of alkyl halides is 3. The number of imide groups is 2. The molecule has 3 fully saturated rings. The van der Waals surface area contributed by atoms with E-state index in [4.69, 9.17) is 23.2 Å². The fourth-order valence-electron chi connectivity index (χ4n) is 10.3. The topological polar surface area (TPSA) is 132 Å². The van der Waals surface area contributed by atoms with Crippen LogP contribution in [0.15, 0.2) is 139 Å². The molecule has 10 rings (SSSR count). The largest absolute Gasteiger partial charge is 0.507 e. The summed E-state index contributed by atoms with van der Waals surface area (Å²) in [7, 11) is 0. The number of halogens is 5. The van der Waals surface area contributed by atoms with Gasteiger partial charge in [0.1, 0.15) is 5.75 Å². The number of benzene rings is 5. The number of fused-ring (bicyclic) bond motifs is 5. The van der Waals surface area contributed by atoms with Gasteiger partial charge in [-0.1, -0.05) is 102 Å². The van der Waals surface area contributed by atoms with Gasteiger partial charge in [-0.2, -0.15) is 18.2 Å². The Morgan fingerprint density at radius 1 is 0.778 bits per heavy atom. The Morgan fingerprint density at radius 2 is 1.48 bits per heavy atom. The molecule has 63 heavy (non-hydrogen) atoms. The van der Waals surface area contributed by atoms with E-state index in [1.54, 1.807) is 72.8 Å². The molecule has 4 aliphatic rings. The zero-order valence-corrected chi connectivity index (χ0v) is 34.3. The summed E-state index contributed by atoms with van der Waals surface area (Å²) in [6, 6.07) is 34.2. The van der Waals surface area contributed by atoms with E-state index in [-0.39, 0.29) is 24.4 Å². The predicted molar refractivity (Wildman–Crippen MR) is 231 cm³/mol. The molecule has 6 aromatic rings. The van der Waals surface area contributed by atoms with Gasteiger partial charge in [-0.3, -0.25) is 29.5 Å². The molecule has 6 atom stereocenters. The van der Waals surface area contributed by atoms with E-state index in [0.717, 1.165) is 16.4 Å². The third kappa shape index (κ3) is 6.35. The molecule has 0 bridgehead atoms. The van der Waals surface area contributed by atoms with E-state index in [9.17, 15) is 27.9 Å². The highest BCUT2D eigenvalue weighted by Gasteiger charge is 2.71. The Hall–Kier alpha value is -6.70. The van der Waals surface area contributed by atoms with Gasteiger partial charge in [0.25, 0.3) is 11.8 Å². The lowest BCUT2D eigenvalue weighted by atomic mass is 9.49. The summed E-state index contributed by atoms with van der Waals surface area (Å²) in [6.07, 6.45) is -2.31. The SMILES string of the molecule is O=C1C2CC3C(=CCC4C(=O)N(c5ccc(Nc6ccccc6)cc5)C(=O)C43)C(c3ccc4ccccc4c3O)C2(c2ccc(Cl)cc2)C(=O)N1Nc1ncc(C(F)(F)F)cc1Cl. The van der Waals surface area contributed by atoms with Crippen molar-refractivity contribution in [1.82, 2.24) is 9.99 Å². The second-order valence-electron chi connectivity index (χ2n) is 16.2. The van der Waals surface area contributed by atoms with E-state index >= 15 is 9.59 Å². The minimum absolute atomic E-state index is 0.0792. The summed E-state index contributed by atoms with van der Waals surface area (Å²) in [5.41, 5.74) is 2.90. The zero-order valence-electron chi connectivity index (χ0n) is 32.8. The van der Waals surface area contributed by atoms with Gasteiger partial charge in [-0.15, -0.1) is 0 Å². The third-order valence-electron chi connectivity index (χ3n) is 13.0. The lowest BCUT2D eigenvalue weighted by Gasteiger charge is -2.50. The number of hydrazine groups is 1. The van der Waals surface area contributed by atoms with Crippen molar-refractivity contribution in [2.24, 2.45) is 23.7 Å². The number of anilines is 4. The maximum atomic E-state index is 15.6. The Labute approximate surface area is 367 Å². The van der Waals surface area contributed by atoms with Crippen molar-refractivity contribution in [1.29, 1.82) is 0 Å². The molecular weight excluding hydrogens is 854 g/mol. The van der Waals surface area contributed by atoms with Crippen molar-refractivity contribution in [3.05, 3.63) is 166 Å². The van der Waals surface area contributed by atoms with Crippen LogP contribution < -0.4 is 15.6 Å². The zero-order chi connectivity index (χ0) is 43.9. The average Bonchev–Trinajstić information content (AvgIpc) is 3.65. The Bertz CT molecular complexity index is 2910. The fourth-order valence-corrected chi connectivity index (χ4v) is 10.6. The Kier molecular flexibility index (Phi) is 9.61. The van der Waals surface area contributed by atoms with Gasteiger partial charge in [0.2, 0.25) is 11.8 Å². The molecule has 316 valence electrons. The quantitative estimate of drug-likeness (QED) is 0.107. The summed E-state index contributed by atoms with van der Waals surface area (Å²) in [5, 5.41) is 17.3. The highest BCUT2D eigenvalue weighted by atomic mass is 35.5. The van der Waals surface area contributed by atoms with E-state index in [0.29, 0.717) is 50.4 Å². The number of rotatable bonds is 7. The van der Waals surface area contributed by atoms with Crippen LogP contribution in [-0.4, -0.2) is 38.7 Å². The Morgan fingerprint density at radius 3 is 2.19 bits per heavy atom. The van der Waals surface area contributed by atoms with E-state index < -0.39 is 75.4 Å². The molecule has 2 aliphatic heterocycles. The number of phenolic OH excluding ortho intramolecular Hbond substituents is 1. The molecule has 10 nitrogen and oxygen atoms in total. The minimum atomic E-state index is -4.77. The van der Waals surface area contributed by atoms with Crippen LogP contribution in [0.5, 0.6) is 5.75 Å². The fraction of sp³-hybridized carbons (Fsp3) is 0.188. The molecule has 0 radical (unpaired) electrons. The number of phenols is 1. The molecule has 1 saturated carbocycles. The molecule has 6 unspecified atom stereocenters. The van der Waals surface area contributed by atoms with Crippen molar-refractivity contribution >= 4 is 80.5 Å². The lowest BCUT2D eigenvalue weighted by molar-refractivity contribution is -0.139. The van der Waals surface area contributed by atoms with Crippen LogP contribution in [0, 0.1) is 23.7 Å². The predicted octanol–water partition coefficient (Wildman–Crippen LogP) is 10.2. The molecule has 15 heteroatoms. The molecule has 3 N–H and O–H groups in total. The van der Waals surface area contributed by atoms with Gasteiger partial charge < -0.3 is 10.4 Å². The normalized spacial score (nSPS) is 24.3. The number of para-hydroxylation sites is 1. The number of aromatic hydroxyl groups is 1. The van der Waals surface area contributed by atoms with Gasteiger partial charge in [-0.25, -0.2) is 4.98 Å². The van der Waals surface area contributed by atoms with Crippen LogP contribution in [0.1, 0.15) is 35.4 Å². The van der Waals surface area contributed by atoms with Crippen LogP contribution in [0.3, 0.4) is 0 Å².